The van der Waals surface area contributed by atoms with Gasteiger partial charge in [-0.15, -0.1) is 0 Å². The molecule has 0 saturated heterocycles. The highest BCUT2D eigenvalue weighted by molar-refractivity contribution is 5.15. The van der Waals surface area contributed by atoms with Gasteiger partial charge in [0.25, 0.3) is 0 Å². The van der Waals surface area contributed by atoms with E-state index in [0.717, 1.165) is 23.3 Å². The van der Waals surface area contributed by atoms with Crippen LogP contribution in [0.1, 0.15) is 50.2 Å². The number of hydrogen-bond donors (Lipinski definition) is 1. The fourth-order valence-electron chi connectivity index (χ4n) is 5.32. The summed E-state index contributed by atoms with van der Waals surface area (Å²) < 4.78 is 0. The Morgan fingerprint density at radius 2 is 1.50 bits per heavy atom. The normalized spacial score (nSPS) is 43.1. The van der Waals surface area contributed by atoms with Crippen LogP contribution in [-0.2, 0) is 0 Å². The summed E-state index contributed by atoms with van der Waals surface area (Å²) in [6.07, 6.45) is 12.7. The standard InChI is InChI=1S/C15H20N2O/c18-14(13-7-16-9-17-8-13)15-4-10-1-11(5-15)3-12(2-10)6-15/h7-12,14,18H,1-6H2. The number of hydrogen-bond acceptors (Lipinski definition) is 3. The maximum absolute atomic E-state index is 10.8. The van der Waals surface area contributed by atoms with Gasteiger partial charge in [0.05, 0.1) is 6.10 Å². The summed E-state index contributed by atoms with van der Waals surface area (Å²) in [7, 11) is 0. The Labute approximate surface area is 108 Å². The molecular formula is C15H20N2O. The Kier molecular flexibility index (Phi) is 2.28. The van der Waals surface area contributed by atoms with Crippen LogP contribution in [-0.4, -0.2) is 15.1 Å². The Balaban J connectivity index is 1.67. The van der Waals surface area contributed by atoms with Crippen LogP contribution >= 0.6 is 0 Å². The van der Waals surface area contributed by atoms with Crippen molar-refractivity contribution < 1.29 is 5.11 Å². The summed E-state index contributed by atoms with van der Waals surface area (Å²) in [6, 6.07) is 0. The predicted octanol–water partition coefficient (Wildman–Crippen LogP) is 2.73. The molecule has 4 saturated carbocycles. The number of aliphatic hydroxyl groups excluding tert-OH is 1. The van der Waals surface area contributed by atoms with Gasteiger partial charge in [-0.3, -0.25) is 0 Å². The summed E-state index contributed by atoms with van der Waals surface area (Å²) in [6.45, 7) is 0. The Morgan fingerprint density at radius 1 is 1.00 bits per heavy atom. The Bertz CT molecular complexity index is 410. The quantitative estimate of drug-likeness (QED) is 0.870. The van der Waals surface area contributed by atoms with Crippen molar-refractivity contribution in [3.05, 3.63) is 24.3 Å². The lowest BCUT2D eigenvalue weighted by molar-refractivity contribution is -0.122. The maximum atomic E-state index is 10.8. The van der Waals surface area contributed by atoms with Crippen LogP contribution in [0.2, 0.25) is 0 Å². The topological polar surface area (TPSA) is 46.0 Å². The van der Waals surface area contributed by atoms with Gasteiger partial charge in [0.1, 0.15) is 6.33 Å². The van der Waals surface area contributed by atoms with Gasteiger partial charge in [0.15, 0.2) is 0 Å². The van der Waals surface area contributed by atoms with Crippen LogP contribution in [0, 0.1) is 23.2 Å². The van der Waals surface area contributed by atoms with Crippen LogP contribution in [0.3, 0.4) is 0 Å². The SMILES string of the molecule is OC(c1cncnc1)C12CC3CC(CC(C3)C1)C2. The van der Waals surface area contributed by atoms with E-state index in [-0.39, 0.29) is 11.5 Å². The fraction of sp³-hybridized carbons (Fsp3) is 0.733. The molecule has 4 bridgehead atoms. The van der Waals surface area contributed by atoms with Crippen LogP contribution in [0.4, 0.5) is 0 Å². The lowest BCUT2D eigenvalue weighted by atomic mass is 9.48. The molecule has 3 nitrogen and oxygen atoms in total. The molecule has 0 aromatic carbocycles. The lowest BCUT2D eigenvalue weighted by Gasteiger charge is -2.58. The van der Waals surface area contributed by atoms with Crippen LogP contribution in [0.15, 0.2) is 18.7 Å². The molecule has 1 aromatic heterocycles. The molecule has 4 fully saturated rings. The third kappa shape index (κ3) is 1.53. The van der Waals surface area contributed by atoms with Gasteiger partial charge in [-0.25, -0.2) is 9.97 Å². The predicted molar refractivity (Wildman–Crippen MR) is 67.6 cm³/mol. The summed E-state index contributed by atoms with van der Waals surface area (Å²) in [4.78, 5) is 8.12. The molecule has 4 aliphatic carbocycles. The highest BCUT2D eigenvalue weighted by Gasteiger charge is 2.54. The van der Waals surface area contributed by atoms with E-state index >= 15 is 0 Å². The summed E-state index contributed by atoms with van der Waals surface area (Å²) in [5.74, 6) is 2.61. The average molecular weight is 244 g/mol. The summed E-state index contributed by atoms with van der Waals surface area (Å²) in [5.41, 5.74) is 1.05. The monoisotopic (exact) mass is 244 g/mol. The lowest BCUT2D eigenvalue weighted by Crippen LogP contribution is -2.48. The second-order valence-corrected chi connectivity index (χ2v) is 6.85. The van der Waals surface area contributed by atoms with Crippen molar-refractivity contribution in [3.63, 3.8) is 0 Å². The highest BCUT2D eigenvalue weighted by atomic mass is 16.3. The third-order valence-corrected chi connectivity index (χ3v) is 5.56. The molecule has 1 aromatic rings. The number of aromatic nitrogens is 2. The minimum absolute atomic E-state index is 0.138. The van der Waals surface area contributed by atoms with Crippen LogP contribution in [0.25, 0.3) is 0 Å². The summed E-state index contributed by atoms with van der Waals surface area (Å²) >= 11 is 0. The summed E-state index contributed by atoms with van der Waals surface area (Å²) in [5, 5.41) is 10.8. The third-order valence-electron chi connectivity index (χ3n) is 5.56. The van der Waals surface area contributed by atoms with E-state index in [0.29, 0.717) is 0 Å². The van der Waals surface area contributed by atoms with Crippen molar-refractivity contribution >= 4 is 0 Å². The van der Waals surface area contributed by atoms with Crippen molar-refractivity contribution in [3.8, 4) is 0 Å². The molecule has 0 amide bonds. The van der Waals surface area contributed by atoms with E-state index in [9.17, 15) is 5.11 Å². The zero-order chi connectivity index (χ0) is 12.2. The van der Waals surface area contributed by atoms with E-state index in [4.69, 9.17) is 0 Å². The number of aliphatic hydroxyl groups is 1. The van der Waals surface area contributed by atoms with Gasteiger partial charge in [-0.05, 0) is 56.3 Å². The molecule has 5 rings (SSSR count). The van der Waals surface area contributed by atoms with Gasteiger partial charge in [0.2, 0.25) is 0 Å². The molecule has 3 heteroatoms. The van der Waals surface area contributed by atoms with Crippen molar-refractivity contribution in [1.82, 2.24) is 9.97 Å². The van der Waals surface area contributed by atoms with Crippen molar-refractivity contribution in [1.29, 1.82) is 0 Å². The molecule has 0 radical (unpaired) electrons. The van der Waals surface area contributed by atoms with Crippen LogP contribution in [0.5, 0.6) is 0 Å². The van der Waals surface area contributed by atoms with E-state index < -0.39 is 0 Å². The molecule has 96 valence electrons. The van der Waals surface area contributed by atoms with E-state index in [2.05, 4.69) is 9.97 Å². The van der Waals surface area contributed by atoms with Gasteiger partial charge >= 0.3 is 0 Å². The smallest absolute Gasteiger partial charge is 0.115 e. The van der Waals surface area contributed by atoms with E-state index in [1.54, 1.807) is 12.4 Å². The first-order valence-corrected chi connectivity index (χ1v) is 7.18. The second kappa shape index (κ2) is 3.77. The molecule has 0 aliphatic heterocycles. The maximum Gasteiger partial charge on any atom is 0.115 e. The van der Waals surface area contributed by atoms with Crippen molar-refractivity contribution in [2.24, 2.45) is 23.2 Å². The van der Waals surface area contributed by atoms with Gasteiger partial charge in [-0.1, -0.05) is 0 Å². The Morgan fingerprint density at radius 3 is 2.00 bits per heavy atom. The molecule has 1 heterocycles. The molecule has 18 heavy (non-hydrogen) atoms. The van der Waals surface area contributed by atoms with E-state index in [1.165, 1.54) is 44.9 Å². The molecule has 0 spiro atoms. The number of rotatable bonds is 2. The first-order chi connectivity index (χ1) is 8.75. The van der Waals surface area contributed by atoms with E-state index in [1.807, 2.05) is 0 Å². The minimum Gasteiger partial charge on any atom is -0.388 e. The van der Waals surface area contributed by atoms with Crippen molar-refractivity contribution in [2.45, 2.75) is 44.6 Å². The highest BCUT2D eigenvalue weighted by Crippen LogP contribution is 2.63. The van der Waals surface area contributed by atoms with Crippen LogP contribution < -0.4 is 0 Å². The molecule has 1 N–H and O–H groups in total. The fourth-order valence-corrected chi connectivity index (χ4v) is 5.32. The first kappa shape index (κ1) is 10.9. The average Bonchev–Trinajstić information content (AvgIpc) is 2.37. The van der Waals surface area contributed by atoms with Gasteiger partial charge in [-0.2, -0.15) is 0 Å². The van der Waals surface area contributed by atoms with Gasteiger partial charge < -0.3 is 5.11 Å². The zero-order valence-corrected chi connectivity index (χ0v) is 10.6. The molecule has 1 unspecified atom stereocenters. The Hall–Kier alpha value is -0.960. The molecule has 1 atom stereocenters. The molecular weight excluding hydrogens is 224 g/mol. The number of nitrogens with zero attached hydrogens (tertiary/aromatic N) is 2. The zero-order valence-electron chi connectivity index (χ0n) is 10.6. The first-order valence-electron chi connectivity index (χ1n) is 7.18. The van der Waals surface area contributed by atoms with Crippen molar-refractivity contribution in [2.75, 3.05) is 0 Å². The largest absolute Gasteiger partial charge is 0.388 e. The molecule has 4 aliphatic rings. The second-order valence-electron chi connectivity index (χ2n) is 6.85. The minimum atomic E-state index is -0.355. The van der Waals surface area contributed by atoms with Gasteiger partial charge in [0, 0.05) is 23.4 Å².